The maximum atomic E-state index is 4.53. The molecule has 0 aliphatic rings. The molecular weight excluding hydrogens is 222 g/mol. The number of rotatable bonds is 8. The minimum absolute atomic E-state index is 0.595. The summed E-state index contributed by atoms with van der Waals surface area (Å²) in [6.07, 6.45) is 2.38. The van der Waals surface area contributed by atoms with E-state index in [1.807, 2.05) is 13.0 Å². The Morgan fingerprint density at radius 3 is 2.83 bits per heavy atom. The third-order valence-electron chi connectivity index (χ3n) is 3.06. The highest BCUT2D eigenvalue weighted by Gasteiger charge is 2.05. The van der Waals surface area contributed by atoms with E-state index in [9.17, 15) is 0 Å². The van der Waals surface area contributed by atoms with Crippen LogP contribution in [0.5, 0.6) is 0 Å². The number of nitrogens with one attached hydrogen (secondary N) is 1. The van der Waals surface area contributed by atoms with Crippen molar-refractivity contribution in [1.82, 2.24) is 15.2 Å². The van der Waals surface area contributed by atoms with E-state index < -0.39 is 0 Å². The molecule has 1 unspecified atom stereocenters. The van der Waals surface area contributed by atoms with E-state index in [2.05, 4.69) is 48.2 Å². The van der Waals surface area contributed by atoms with E-state index in [0.717, 1.165) is 31.0 Å². The molecule has 18 heavy (non-hydrogen) atoms. The molecule has 0 spiro atoms. The molecule has 0 aromatic carbocycles. The summed E-state index contributed by atoms with van der Waals surface area (Å²) in [5.41, 5.74) is 2.26. The van der Waals surface area contributed by atoms with Crippen molar-refractivity contribution in [3.8, 4) is 0 Å². The van der Waals surface area contributed by atoms with Gasteiger partial charge in [-0.05, 0) is 59.0 Å². The zero-order valence-corrected chi connectivity index (χ0v) is 12.2. The van der Waals surface area contributed by atoms with Gasteiger partial charge in [-0.3, -0.25) is 4.98 Å². The first-order valence-corrected chi connectivity index (χ1v) is 6.96. The highest BCUT2D eigenvalue weighted by atomic mass is 15.1. The predicted octanol–water partition coefficient (Wildman–Crippen LogP) is 2.60. The first-order valence-electron chi connectivity index (χ1n) is 6.96. The van der Waals surface area contributed by atoms with Crippen LogP contribution in [0.2, 0.25) is 0 Å². The Balaban J connectivity index is 2.27. The fraction of sp³-hybridized carbons (Fsp3) is 0.667. The first-order chi connectivity index (χ1) is 8.61. The van der Waals surface area contributed by atoms with Gasteiger partial charge in [-0.15, -0.1) is 0 Å². The van der Waals surface area contributed by atoms with Gasteiger partial charge in [0.05, 0.1) is 5.69 Å². The highest BCUT2D eigenvalue weighted by Crippen LogP contribution is 2.03. The molecule has 0 saturated heterocycles. The van der Waals surface area contributed by atoms with E-state index in [0.29, 0.717) is 6.04 Å². The molecule has 1 N–H and O–H groups in total. The summed E-state index contributed by atoms with van der Waals surface area (Å²) in [4.78, 5) is 6.87. The van der Waals surface area contributed by atoms with E-state index in [4.69, 9.17) is 0 Å². The van der Waals surface area contributed by atoms with Gasteiger partial charge in [0.1, 0.15) is 0 Å². The minimum atomic E-state index is 0.595. The van der Waals surface area contributed by atoms with Crippen LogP contribution in [0.4, 0.5) is 0 Å². The first kappa shape index (κ1) is 15.1. The second kappa shape index (κ2) is 8.22. The topological polar surface area (TPSA) is 28.2 Å². The van der Waals surface area contributed by atoms with Crippen LogP contribution in [0.15, 0.2) is 18.2 Å². The molecule has 3 nitrogen and oxygen atoms in total. The van der Waals surface area contributed by atoms with Crippen LogP contribution in [0.3, 0.4) is 0 Å². The SMILES string of the molecule is CCCNC(C)CCN(C)Cc1cccc(C)n1. The molecular formula is C15H27N3. The number of aryl methyl sites for hydroxylation is 1. The quantitative estimate of drug-likeness (QED) is 0.767. The predicted molar refractivity (Wildman–Crippen MR) is 77.7 cm³/mol. The summed E-state index contributed by atoms with van der Waals surface area (Å²) in [7, 11) is 2.16. The number of nitrogens with zero attached hydrogens (tertiary/aromatic N) is 2. The van der Waals surface area contributed by atoms with Crippen molar-refractivity contribution in [1.29, 1.82) is 0 Å². The summed E-state index contributed by atoms with van der Waals surface area (Å²) in [6, 6.07) is 6.82. The minimum Gasteiger partial charge on any atom is -0.314 e. The van der Waals surface area contributed by atoms with Crippen molar-refractivity contribution >= 4 is 0 Å². The summed E-state index contributed by atoms with van der Waals surface area (Å²) in [5, 5.41) is 3.52. The number of hydrogen-bond donors (Lipinski definition) is 1. The number of aromatic nitrogens is 1. The largest absolute Gasteiger partial charge is 0.314 e. The van der Waals surface area contributed by atoms with Gasteiger partial charge in [-0.25, -0.2) is 0 Å². The summed E-state index contributed by atoms with van der Waals surface area (Å²) >= 11 is 0. The smallest absolute Gasteiger partial charge is 0.0547 e. The zero-order chi connectivity index (χ0) is 13.4. The molecule has 1 rings (SSSR count). The molecule has 1 heterocycles. The van der Waals surface area contributed by atoms with Gasteiger partial charge in [0, 0.05) is 18.3 Å². The van der Waals surface area contributed by atoms with Crippen molar-refractivity contribution in [2.24, 2.45) is 0 Å². The lowest BCUT2D eigenvalue weighted by Crippen LogP contribution is -2.31. The maximum Gasteiger partial charge on any atom is 0.0547 e. The van der Waals surface area contributed by atoms with Gasteiger partial charge in [0.2, 0.25) is 0 Å². The van der Waals surface area contributed by atoms with Crippen molar-refractivity contribution in [3.05, 3.63) is 29.6 Å². The number of hydrogen-bond acceptors (Lipinski definition) is 3. The van der Waals surface area contributed by atoms with E-state index in [1.165, 1.54) is 12.8 Å². The van der Waals surface area contributed by atoms with Crippen LogP contribution >= 0.6 is 0 Å². The highest BCUT2D eigenvalue weighted by molar-refractivity contribution is 5.09. The van der Waals surface area contributed by atoms with Crippen LogP contribution in [-0.2, 0) is 6.54 Å². The van der Waals surface area contributed by atoms with Gasteiger partial charge in [-0.2, -0.15) is 0 Å². The van der Waals surface area contributed by atoms with Crippen LogP contribution in [-0.4, -0.2) is 36.1 Å². The Kier molecular flexibility index (Phi) is 6.91. The second-order valence-corrected chi connectivity index (χ2v) is 5.15. The van der Waals surface area contributed by atoms with Crippen molar-refractivity contribution in [3.63, 3.8) is 0 Å². The molecule has 1 aromatic heterocycles. The molecule has 0 amide bonds. The lowest BCUT2D eigenvalue weighted by Gasteiger charge is -2.19. The second-order valence-electron chi connectivity index (χ2n) is 5.15. The van der Waals surface area contributed by atoms with Crippen molar-refractivity contribution < 1.29 is 0 Å². The van der Waals surface area contributed by atoms with Crippen LogP contribution in [0, 0.1) is 6.92 Å². The lowest BCUT2D eigenvalue weighted by atomic mass is 10.2. The average Bonchev–Trinajstić information content (AvgIpc) is 2.34. The Morgan fingerprint density at radius 2 is 2.17 bits per heavy atom. The van der Waals surface area contributed by atoms with Crippen LogP contribution < -0.4 is 5.32 Å². The summed E-state index contributed by atoms with van der Waals surface area (Å²) in [5.74, 6) is 0. The molecule has 102 valence electrons. The van der Waals surface area contributed by atoms with Gasteiger partial charge in [0.15, 0.2) is 0 Å². The normalized spacial score (nSPS) is 12.9. The Morgan fingerprint density at radius 1 is 1.39 bits per heavy atom. The molecule has 0 aliphatic heterocycles. The lowest BCUT2D eigenvalue weighted by molar-refractivity contribution is 0.300. The standard InChI is InChI=1S/C15H27N3/c1-5-10-16-13(2)9-11-18(4)12-15-8-6-7-14(3)17-15/h6-8,13,16H,5,9-12H2,1-4H3. The van der Waals surface area contributed by atoms with E-state index >= 15 is 0 Å². The molecule has 0 bridgehead atoms. The fourth-order valence-electron chi connectivity index (χ4n) is 1.95. The van der Waals surface area contributed by atoms with Crippen LogP contribution in [0.1, 0.15) is 38.1 Å². The third-order valence-corrected chi connectivity index (χ3v) is 3.06. The van der Waals surface area contributed by atoms with Gasteiger partial charge in [0.25, 0.3) is 0 Å². The molecule has 0 saturated carbocycles. The third kappa shape index (κ3) is 6.12. The fourth-order valence-corrected chi connectivity index (χ4v) is 1.95. The molecule has 0 fully saturated rings. The van der Waals surface area contributed by atoms with E-state index in [-0.39, 0.29) is 0 Å². The zero-order valence-electron chi connectivity index (χ0n) is 12.2. The van der Waals surface area contributed by atoms with Crippen molar-refractivity contribution in [2.45, 2.75) is 46.2 Å². The van der Waals surface area contributed by atoms with E-state index in [1.54, 1.807) is 0 Å². The molecule has 0 radical (unpaired) electrons. The van der Waals surface area contributed by atoms with Crippen LogP contribution in [0.25, 0.3) is 0 Å². The monoisotopic (exact) mass is 249 g/mol. The Bertz CT molecular complexity index is 338. The van der Waals surface area contributed by atoms with Crippen molar-refractivity contribution in [2.75, 3.05) is 20.1 Å². The molecule has 3 heteroatoms. The van der Waals surface area contributed by atoms with Gasteiger partial charge in [-0.1, -0.05) is 13.0 Å². The van der Waals surface area contributed by atoms with Gasteiger partial charge < -0.3 is 10.2 Å². The molecule has 1 atom stereocenters. The molecule has 1 aromatic rings. The van der Waals surface area contributed by atoms with Gasteiger partial charge >= 0.3 is 0 Å². The Labute approximate surface area is 112 Å². The summed E-state index contributed by atoms with van der Waals surface area (Å²) in [6.45, 7) is 9.66. The summed E-state index contributed by atoms with van der Waals surface area (Å²) < 4.78 is 0. The molecule has 0 aliphatic carbocycles. The number of pyridine rings is 1. The maximum absolute atomic E-state index is 4.53. The average molecular weight is 249 g/mol. The Hall–Kier alpha value is -0.930.